The second-order valence-electron chi connectivity index (χ2n) is 5.92. The Bertz CT molecular complexity index is 729. The molecule has 25 heavy (non-hydrogen) atoms. The summed E-state index contributed by atoms with van der Waals surface area (Å²) in [5, 5.41) is 15.2. The van der Waals surface area contributed by atoms with Gasteiger partial charge in [0.15, 0.2) is 0 Å². The van der Waals surface area contributed by atoms with E-state index in [1.54, 1.807) is 6.07 Å². The Morgan fingerprint density at radius 1 is 1.08 bits per heavy atom. The molecule has 0 saturated heterocycles. The minimum Gasteiger partial charge on any atom is -0.388 e. The van der Waals surface area contributed by atoms with Gasteiger partial charge in [-0.1, -0.05) is 43.3 Å². The summed E-state index contributed by atoms with van der Waals surface area (Å²) in [7, 11) is 0. The van der Waals surface area contributed by atoms with E-state index >= 15 is 0 Å². The summed E-state index contributed by atoms with van der Waals surface area (Å²) in [6, 6.07) is 14.8. The maximum Gasteiger partial charge on any atom is 0.313 e. The van der Waals surface area contributed by atoms with Gasteiger partial charge in [-0.05, 0) is 48.6 Å². The van der Waals surface area contributed by atoms with Crippen LogP contribution in [0.25, 0.3) is 0 Å². The van der Waals surface area contributed by atoms with E-state index in [2.05, 4.69) is 10.6 Å². The van der Waals surface area contributed by atoms with Gasteiger partial charge < -0.3 is 15.7 Å². The molecule has 132 valence electrons. The molecule has 0 spiro atoms. The fraction of sp³-hybridized carbons (Fsp3) is 0.300. The lowest BCUT2D eigenvalue weighted by Crippen LogP contribution is -2.36. The van der Waals surface area contributed by atoms with Crippen molar-refractivity contribution in [1.29, 1.82) is 0 Å². The van der Waals surface area contributed by atoms with Crippen LogP contribution >= 0.6 is 0 Å². The zero-order chi connectivity index (χ0) is 18.2. The van der Waals surface area contributed by atoms with Crippen molar-refractivity contribution in [3.63, 3.8) is 0 Å². The van der Waals surface area contributed by atoms with Crippen molar-refractivity contribution in [3.05, 3.63) is 65.2 Å². The number of hydrogen-bond donors (Lipinski definition) is 3. The number of benzene rings is 2. The van der Waals surface area contributed by atoms with Crippen LogP contribution in [0.15, 0.2) is 48.5 Å². The van der Waals surface area contributed by atoms with Gasteiger partial charge in [0, 0.05) is 12.2 Å². The number of nitrogens with one attached hydrogen (secondary N) is 2. The Kier molecular flexibility index (Phi) is 6.71. The lowest BCUT2D eigenvalue weighted by Gasteiger charge is -2.12. The third-order valence-corrected chi connectivity index (χ3v) is 4.08. The highest BCUT2D eigenvalue weighted by Gasteiger charge is 2.15. The Balaban J connectivity index is 1.81. The molecule has 0 radical (unpaired) electrons. The highest BCUT2D eigenvalue weighted by Crippen LogP contribution is 2.16. The van der Waals surface area contributed by atoms with Crippen LogP contribution in [0.4, 0.5) is 5.69 Å². The molecular weight excluding hydrogens is 316 g/mol. The zero-order valence-corrected chi connectivity index (χ0v) is 14.6. The van der Waals surface area contributed by atoms with Gasteiger partial charge in [0.1, 0.15) is 0 Å². The Morgan fingerprint density at radius 2 is 1.80 bits per heavy atom. The minimum absolute atomic E-state index is 0.219. The van der Waals surface area contributed by atoms with E-state index in [0.29, 0.717) is 12.1 Å². The number of aryl methyl sites for hydroxylation is 2. The predicted molar refractivity (Wildman–Crippen MR) is 98.2 cm³/mol. The second-order valence-corrected chi connectivity index (χ2v) is 5.92. The molecule has 0 heterocycles. The summed E-state index contributed by atoms with van der Waals surface area (Å²) < 4.78 is 0. The van der Waals surface area contributed by atoms with E-state index in [-0.39, 0.29) is 6.54 Å². The average Bonchev–Trinajstić information content (AvgIpc) is 2.63. The molecule has 3 N–H and O–H groups in total. The monoisotopic (exact) mass is 340 g/mol. The first-order valence-corrected chi connectivity index (χ1v) is 8.43. The lowest BCUT2D eigenvalue weighted by molar-refractivity contribution is -0.136. The third kappa shape index (κ3) is 5.43. The van der Waals surface area contributed by atoms with Crippen molar-refractivity contribution < 1.29 is 14.7 Å². The lowest BCUT2D eigenvalue weighted by atomic mass is 10.1. The molecule has 0 aliphatic rings. The van der Waals surface area contributed by atoms with E-state index in [1.807, 2.05) is 56.3 Å². The van der Waals surface area contributed by atoms with Gasteiger partial charge in [-0.15, -0.1) is 0 Å². The van der Waals surface area contributed by atoms with Gasteiger partial charge >= 0.3 is 11.8 Å². The second kappa shape index (κ2) is 8.99. The van der Waals surface area contributed by atoms with E-state index in [1.165, 1.54) is 0 Å². The van der Waals surface area contributed by atoms with Crippen LogP contribution in [0.5, 0.6) is 0 Å². The molecule has 5 nitrogen and oxygen atoms in total. The van der Waals surface area contributed by atoms with Gasteiger partial charge in [-0.25, -0.2) is 0 Å². The number of hydrogen-bond acceptors (Lipinski definition) is 3. The van der Waals surface area contributed by atoms with Crippen LogP contribution in [0.2, 0.25) is 0 Å². The minimum atomic E-state index is -0.709. The molecule has 2 aromatic carbocycles. The summed E-state index contributed by atoms with van der Waals surface area (Å²) in [5.74, 6) is -1.42. The van der Waals surface area contributed by atoms with Crippen LogP contribution in [-0.4, -0.2) is 23.5 Å². The molecule has 0 aliphatic heterocycles. The van der Waals surface area contributed by atoms with Crippen molar-refractivity contribution in [2.24, 2.45) is 0 Å². The summed E-state index contributed by atoms with van der Waals surface area (Å²) in [5.41, 5.74) is 3.67. The van der Waals surface area contributed by atoms with E-state index in [4.69, 9.17) is 0 Å². The van der Waals surface area contributed by atoms with Crippen molar-refractivity contribution in [2.75, 3.05) is 11.9 Å². The number of carbonyl (C=O) groups is 2. The smallest absolute Gasteiger partial charge is 0.313 e. The molecule has 1 unspecified atom stereocenters. The number of rotatable bonds is 6. The van der Waals surface area contributed by atoms with Crippen molar-refractivity contribution in [1.82, 2.24) is 5.32 Å². The van der Waals surface area contributed by atoms with Crippen LogP contribution in [-0.2, 0) is 16.0 Å². The molecule has 0 aliphatic carbocycles. The first kappa shape index (κ1) is 18.7. The van der Waals surface area contributed by atoms with Gasteiger partial charge in [-0.2, -0.15) is 0 Å². The van der Waals surface area contributed by atoms with Gasteiger partial charge in [0.2, 0.25) is 0 Å². The van der Waals surface area contributed by atoms with Gasteiger partial charge in [0.25, 0.3) is 0 Å². The third-order valence-electron chi connectivity index (χ3n) is 4.08. The summed E-state index contributed by atoms with van der Waals surface area (Å²) >= 11 is 0. The molecule has 0 fully saturated rings. The molecule has 0 saturated carbocycles. The molecule has 2 rings (SSSR count). The summed E-state index contributed by atoms with van der Waals surface area (Å²) in [4.78, 5) is 23.8. The number of anilines is 1. The SMILES string of the molecule is CCc1cc(NC(=O)C(=O)NCCC(O)c2ccccc2)ccc1C. The van der Waals surface area contributed by atoms with E-state index in [9.17, 15) is 14.7 Å². The summed E-state index contributed by atoms with van der Waals surface area (Å²) in [6.45, 7) is 4.27. The predicted octanol–water partition coefficient (Wildman–Crippen LogP) is 2.74. The van der Waals surface area contributed by atoms with Crippen LogP contribution < -0.4 is 10.6 Å². The Morgan fingerprint density at radius 3 is 2.48 bits per heavy atom. The number of aliphatic hydroxyl groups is 1. The molecule has 5 heteroatoms. The van der Waals surface area contributed by atoms with Crippen molar-refractivity contribution in [2.45, 2.75) is 32.8 Å². The van der Waals surface area contributed by atoms with Crippen LogP contribution in [0.3, 0.4) is 0 Å². The Labute approximate surface area is 148 Å². The van der Waals surface area contributed by atoms with Crippen molar-refractivity contribution >= 4 is 17.5 Å². The van der Waals surface area contributed by atoms with Crippen molar-refractivity contribution in [3.8, 4) is 0 Å². The highest BCUT2D eigenvalue weighted by atomic mass is 16.3. The molecular formula is C20H24N2O3. The Hall–Kier alpha value is -2.66. The molecule has 1 atom stereocenters. The first-order chi connectivity index (χ1) is 12.0. The first-order valence-electron chi connectivity index (χ1n) is 8.43. The molecule has 2 amide bonds. The normalized spacial score (nSPS) is 11.6. The van der Waals surface area contributed by atoms with Crippen LogP contribution in [0, 0.1) is 6.92 Å². The zero-order valence-electron chi connectivity index (χ0n) is 14.6. The number of amides is 2. The van der Waals surface area contributed by atoms with Gasteiger partial charge in [-0.3, -0.25) is 9.59 Å². The number of carbonyl (C=O) groups excluding carboxylic acids is 2. The maximum absolute atomic E-state index is 12.0. The van der Waals surface area contributed by atoms with E-state index < -0.39 is 17.9 Å². The topological polar surface area (TPSA) is 78.4 Å². The molecule has 0 bridgehead atoms. The fourth-order valence-electron chi connectivity index (χ4n) is 2.56. The summed E-state index contributed by atoms with van der Waals surface area (Å²) in [6.07, 6.45) is 0.529. The number of aliphatic hydroxyl groups excluding tert-OH is 1. The standard InChI is InChI=1S/C20H24N2O3/c1-3-15-13-17(10-9-14(15)2)22-20(25)19(24)21-12-11-18(23)16-7-5-4-6-8-16/h4-10,13,18,23H,3,11-12H2,1-2H3,(H,21,24)(H,22,25). The quantitative estimate of drug-likeness (QED) is 0.708. The van der Waals surface area contributed by atoms with Crippen LogP contribution in [0.1, 0.15) is 36.1 Å². The molecule has 0 aromatic heterocycles. The molecule has 2 aromatic rings. The van der Waals surface area contributed by atoms with E-state index in [0.717, 1.165) is 23.1 Å². The maximum atomic E-state index is 12.0. The fourth-order valence-corrected chi connectivity index (χ4v) is 2.56. The van der Waals surface area contributed by atoms with Gasteiger partial charge in [0.05, 0.1) is 6.10 Å². The highest BCUT2D eigenvalue weighted by molar-refractivity contribution is 6.39. The average molecular weight is 340 g/mol. The largest absolute Gasteiger partial charge is 0.388 e.